The Morgan fingerprint density at radius 1 is 1.30 bits per heavy atom. The van der Waals surface area contributed by atoms with Crippen molar-refractivity contribution < 1.29 is 13.2 Å². The molecule has 0 aromatic carbocycles. The van der Waals surface area contributed by atoms with Gasteiger partial charge in [0.2, 0.25) is 5.82 Å². The summed E-state index contributed by atoms with van der Waals surface area (Å²) in [6.45, 7) is 1.38. The molecule has 1 rings (SSSR count). The maximum absolute atomic E-state index is 12.2. The summed E-state index contributed by atoms with van der Waals surface area (Å²) >= 11 is 0. The molecule has 0 spiro atoms. The van der Waals surface area contributed by atoms with Crippen LogP contribution in [0.15, 0.2) is 6.07 Å². The van der Waals surface area contributed by atoms with Gasteiger partial charge in [-0.2, -0.15) is 8.78 Å². The third-order valence-electron chi connectivity index (χ3n) is 1.00. The minimum atomic E-state index is -1.52. The lowest BCUT2D eigenvalue weighted by Gasteiger charge is -1.94. The molecule has 10 heavy (non-hydrogen) atoms. The Morgan fingerprint density at radius 3 is 2.40 bits per heavy atom. The minimum absolute atomic E-state index is 0.122. The molecule has 0 aliphatic heterocycles. The minimum Gasteiger partial charge on any atom is -0.222 e. The molecule has 4 heteroatoms. The quantitative estimate of drug-likeness (QED) is 0.510. The van der Waals surface area contributed by atoms with E-state index in [2.05, 4.69) is 4.98 Å². The van der Waals surface area contributed by atoms with Gasteiger partial charge in [-0.1, -0.05) is 0 Å². The summed E-state index contributed by atoms with van der Waals surface area (Å²) in [5, 5.41) is 0. The lowest BCUT2D eigenvalue weighted by atomic mass is 10.3. The van der Waals surface area contributed by atoms with E-state index in [1.54, 1.807) is 0 Å². The van der Waals surface area contributed by atoms with Crippen LogP contribution < -0.4 is 0 Å². The number of aryl methyl sites for hydroxylation is 1. The molecule has 54 valence electrons. The van der Waals surface area contributed by atoms with Crippen LogP contribution in [0.2, 0.25) is 0 Å². The van der Waals surface area contributed by atoms with Gasteiger partial charge in [0, 0.05) is 5.69 Å². The largest absolute Gasteiger partial charge is 0.252 e. The maximum atomic E-state index is 12.2. The van der Waals surface area contributed by atoms with Gasteiger partial charge in [0.1, 0.15) is 0 Å². The highest BCUT2D eigenvalue weighted by Gasteiger charge is 2.09. The zero-order valence-corrected chi connectivity index (χ0v) is 5.16. The number of rotatable bonds is 0. The highest BCUT2D eigenvalue weighted by Crippen LogP contribution is 2.08. The lowest BCUT2D eigenvalue weighted by molar-refractivity contribution is 0.424. The SMILES string of the molecule is Cc1cc(F)c(F)c(F)n1. The van der Waals surface area contributed by atoms with E-state index in [-0.39, 0.29) is 5.69 Å². The molecule has 1 aromatic heterocycles. The van der Waals surface area contributed by atoms with Gasteiger partial charge in [-0.3, -0.25) is 0 Å². The van der Waals surface area contributed by atoms with Crippen LogP contribution in [0, 0.1) is 24.5 Å². The van der Waals surface area contributed by atoms with Gasteiger partial charge in [-0.05, 0) is 13.0 Å². The van der Waals surface area contributed by atoms with Crippen molar-refractivity contribution in [1.29, 1.82) is 0 Å². The highest BCUT2D eigenvalue weighted by atomic mass is 19.2. The van der Waals surface area contributed by atoms with Crippen molar-refractivity contribution in [3.8, 4) is 0 Å². The van der Waals surface area contributed by atoms with E-state index < -0.39 is 17.6 Å². The van der Waals surface area contributed by atoms with Crippen LogP contribution >= 0.6 is 0 Å². The van der Waals surface area contributed by atoms with Crippen molar-refractivity contribution in [1.82, 2.24) is 4.98 Å². The first-order valence-electron chi connectivity index (χ1n) is 2.59. The van der Waals surface area contributed by atoms with Crippen LogP contribution in [-0.2, 0) is 0 Å². The Labute approximate surface area is 55.5 Å². The Hall–Kier alpha value is -1.06. The summed E-state index contributed by atoms with van der Waals surface area (Å²) in [5.74, 6) is -4.12. The predicted octanol–water partition coefficient (Wildman–Crippen LogP) is 1.81. The number of hydrogen-bond acceptors (Lipinski definition) is 1. The second-order valence-electron chi connectivity index (χ2n) is 1.85. The van der Waals surface area contributed by atoms with Crippen molar-refractivity contribution in [2.75, 3.05) is 0 Å². The highest BCUT2D eigenvalue weighted by molar-refractivity contribution is 5.07. The van der Waals surface area contributed by atoms with Crippen LogP contribution in [0.1, 0.15) is 5.69 Å². The normalized spacial score (nSPS) is 10.0. The maximum Gasteiger partial charge on any atom is 0.252 e. The fraction of sp³-hybridized carbons (Fsp3) is 0.167. The van der Waals surface area contributed by atoms with Crippen molar-refractivity contribution in [3.63, 3.8) is 0 Å². The van der Waals surface area contributed by atoms with Gasteiger partial charge in [0.05, 0.1) is 0 Å². The standard InChI is InChI=1S/C6H4F3N/c1-3-2-4(7)5(8)6(9)10-3/h2H,1H3. The van der Waals surface area contributed by atoms with Gasteiger partial charge in [-0.15, -0.1) is 0 Å². The molecule has 0 aliphatic carbocycles. The zero-order valence-electron chi connectivity index (χ0n) is 5.16. The molecule has 1 heterocycles. The summed E-state index contributed by atoms with van der Waals surface area (Å²) in [6, 6.07) is 0.832. The van der Waals surface area contributed by atoms with Crippen molar-refractivity contribution >= 4 is 0 Å². The molecule has 0 saturated heterocycles. The molecule has 0 unspecified atom stereocenters. The molecule has 0 bridgehead atoms. The van der Waals surface area contributed by atoms with Crippen LogP contribution in [0.3, 0.4) is 0 Å². The van der Waals surface area contributed by atoms with E-state index >= 15 is 0 Å². The molecule has 0 saturated carbocycles. The Bertz CT molecular complexity index is 236. The molecule has 1 aromatic rings. The summed E-state index contributed by atoms with van der Waals surface area (Å²) in [7, 11) is 0. The van der Waals surface area contributed by atoms with Crippen molar-refractivity contribution in [3.05, 3.63) is 29.3 Å². The van der Waals surface area contributed by atoms with Crippen LogP contribution in [0.5, 0.6) is 0 Å². The second kappa shape index (κ2) is 2.28. The average Bonchev–Trinajstić information content (AvgIpc) is 1.82. The Morgan fingerprint density at radius 2 is 1.90 bits per heavy atom. The first-order chi connectivity index (χ1) is 4.61. The topological polar surface area (TPSA) is 12.9 Å². The van der Waals surface area contributed by atoms with E-state index in [9.17, 15) is 13.2 Å². The monoisotopic (exact) mass is 147 g/mol. The number of halogens is 3. The van der Waals surface area contributed by atoms with Crippen LogP contribution in [-0.4, -0.2) is 4.98 Å². The van der Waals surface area contributed by atoms with Gasteiger partial charge >= 0.3 is 0 Å². The molecule has 0 atom stereocenters. The van der Waals surface area contributed by atoms with E-state index in [0.29, 0.717) is 0 Å². The van der Waals surface area contributed by atoms with Crippen molar-refractivity contribution in [2.24, 2.45) is 0 Å². The molecule has 1 nitrogen and oxygen atoms in total. The smallest absolute Gasteiger partial charge is 0.222 e. The van der Waals surface area contributed by atoms with Gasteiger partial charge < -0.3 is 0 Å². The molecule has 0 N–H and O–H groups in total. The first-order valence-corrected chi connectivity index (χ1v) is 2.59. The van der Waals surface area contributed by atoms with E-state index in [4.69, 9.17) is 0 Å². The van der Waals surface area contributed by atoms with E-state index in [1.165, 1.54) is 6.92 Å². The second-order valence-corrected chi connectivity index (χ2v) is 1.85. The summed E-state index contributed by atoms with van der Waals surface area (Å²) < 4.78 is 36.4. The fourth-order valence-corrected chi connectivity index (χ4v) is 0.581. The molecular formula is C6H4F3N. The number of pyridine rings is 1. The Kier molecular flexibility index (Phi) is 1.61. The summed E-state index contributed by atoms with van der Waals surface area (Å²) in [6.07, 6.45) is 0. The van der Waals surface area contributed by atoms with E-state index in [1.807, 2.05) is 0 Å². The molecular weight excluding hydrogens is 143 g/mol. The van der Waals surface area contributed by atoms with Gasteiger partial charge in [0.25, 0.3) is 5.95 Å². The van der Waals surface area contributed by atoms with E-state index in [0.717, 1.165) is 6.07 Å². The lowest BCUT2D eigenvalue weighted by Crippen LogP contribution is -1.95. The first kappa shape index (κ1) is 7.05. The average molecular weight is 147 g/mol. The van der Waals surface area contributed by atoms with Gasteiger partial charge in [-0.25, -0.2) is 9.37 Å². The Balaban J connectivity index is 3.31. The molecule has 0 amide bonds. The van der Waals surface area contributed by atoms with Crippen LogP contribution in [0.4, 0.5) is 13.2 Å². The van der Waals surface area contributed by atoms with Gasteiger partial charge in [0.15, 0.2) is 5.82 Å². The fourth-order valence-electron chi connectivity index (χ4n) is 0.581. The molecule has 0 fully saturated rings. The zero-order chi connectivity index (χ0) is 7.72. The number of nitrogens with zero attached hydrogens (tertiary/aromatic N) is 1. The number of hydrogen-bond donors (Lipinski definition) is 0. The van der Waals surface area contributed by atoms with Crippen LogP contribution in [0.25, 0.3) is 0 Å². The molecule has 0 aliphatic rings. The summed E-state index contributed by atoms with van der Waals surface area (Å²) in [4.78, 5) is 3.05. The summed E-state index contributed by atoms with van der Waals surface area (Å²) in [5.41, 5.74) is 0.122. The third-order valence-corrected chi connectivity index (χ3v) is 1.00. The number of aromatic nitrogens is 1. The third kappa shape index (κ3) is 1.10. The molecule has 0 radical (unpaired) electrons. The predicted molar refractivity (Wildman–Crippen MR) is 28.8 cm³/mol. The van der Waals surface area contributed by atoms with Crippen molar-refractivity contribution in [2.45, 2.75) is 6.92 Å².